The van der Waals surface area contributed by atoms with Gasteiger partial charge in [0.25, 0.3) is 0 Å². The predicted molar refractivity (Wildman–Crippen MR) is 111 cm³/mol. The Morgan fingerprint density at radius 1 is 1.10 bits per heavy atom. The molecule has 0 unspecified atom stereocenters. The molecule has 0 radical (unpaired) electrons. The summed E-state index contributed by atoms with van der Waals surface area (Å²) >= 11 is 11.9. The van der Waals surface area contributed by atoms with Gasteiger partial charge in [-0.15, -0.1) is 0 Å². The van der Waals surface area contributed by atoms with Crippen molar-refractivity contribution in [2.45, 2.75) is 17.7 Å². The second-order valence-corrected chi connectivity index (χ2v) is 9.90. The SMILES string of the molecule is CN1CC(=O)N(CCCC(=O)N2CCN(S(=O)(=O)c3cc(Cl)ccc3Cl)CC2)C1=O. The fourth-order valence-corrected chi connectivity index (χ4v) is 5.59. The molecular weight excluding hydrogens is 455 g/mol. The molecule has 30 heavy (non-hydrogen) atoms. The van der Waals surface area contributed by atoms with Crippen molar-refractivity contribution in [3.63, 3.8) is 0 Å². The van der Waals surface area contributed by atoms with Crippen molar-refractivity contribution in [1.82, 2.24) is 19.0 Å². The molecule has 4 amide bonds. The van der Waals surface area contributed by atoms with E-state index in [2.05, 4.69) is 0 Å². The van der Waals surface area contributed by atoms with E-state index in [1.807, 2.05) is 0 Å². The Balaban J connectivity index is 1.51. The smallest absolute Gasteiger partial charge is 0.326 e. The molecule has 0 N–H and O–H groups in total. The number of benzene rings is 1. The van der Waals surface area contributed by atoms with Crippen LogP contribution < -0.4 is 0 Å². The molecule has 3 rings (SSSR count). The van der Waals surface area contributed by atoms with E-state index in [0.717, 1.165) is 4.90 Å². The Morgan fingerprint density at radius 3 is 2.37 bits per heavy atom. The third-order valence-electron chi connectivity index (χ3n) is 5.11. The van der Waals surface area contributed by atoms with Gasteiger partial charge in [-0.2, -0.15) is 4.31 Å². The summed E-state index contributed by atoms with van der Waals surface area (Å²) in [4.78, 5) is 40.0. The van der Waals surface area contributed by atoms with Gasteiger partial charge in [-0.05, 0) is 24.6 Å². The number of urea groups is 1. The highest BCUT2D eigenvalue weighted by Crippen LogP contribution is 2.28. The summed E-state index contributed by atoms with van der Waals surface area (Å²) in [5.41, 5.74) is 0. The van der Waals surface area contributed by atoms with E-state index in [0.29, 0.717) is 6.42 Å². The number of sulfonamides is 1. The fourth-order valence-electron chi connectivity index (χ4n) is 3.43. The zero-order valence-corrected chi connectivity index (χ0v) is 18.7. The molecule has 2 fully saturated rings. The monoisotopic (exact) mass is 476 g/mol. The van der Waals surface area contributed by atoms with Gasteiger partial charge in [-0.1, -0.05) is 23.2 Å². The summed E-state index contributed by atoms with van der Waals surface area (Å²) < 4.78 is 27.0. The summed E-state index contributed by atoms with van der Waals surface area (Å²) in [6.07, 6.45) is 0.536. The van der Waals surface area contributed by atoms with Crippen molar-refractivity contribution in [2.75, 3.05) is 46.3 Å². The maximum Gasteiger partial charge on any atom is 0.326 e. The van der Waals surface area contributed by atoms with Gasteiger partial charge in [-0.25, -0.2) is 13.2 Å². The molecule has 1 aromatic rings. The molecule has 2 aliphatic heterocycles. The predicted octanol–water partition coefficient (Wildman–Crippen LogP) is 1.50. The summed E-state index contributed by atoms with van der Waals surface area (Å²) in [6.45, 7) is 1.03. The van der Waals surface area contributed by atoms with Crippen LogP contribution in [-0.2, 0) is 19.6 Å². The molecule has 0 aromatic heterocycles. The molecule has 9 nitrogen and oxygen atoms in total. The van der Waals surface area contributed by atoms with E-state index < -0.39 is 10.0 Å². The molecule has 1 aromatic carbocycles. The molecule has 0 aliphatic carbocycles. The molecule has 164 valence electrons. The van der Waals surface area contributed by atoms with Gasteiger partial charge in [-0.3, -0.25) is 14.5 Å². The number of rotatable bonds is 6. The van der Waals surface area contributed by atoms with Gasteiger partial charge < -0.3 is 9.80 Å². The van der Waals surface area contributed by atoms with Crippen molar-refractivity contribution in [1.29, 1.82) is 0 Å². The summed E-state index contributed by atoms with van der Waals surface area (Å²) in [5, 5.41) is 0.363. The highest BCUT2D eigenvalue weighted by atomic mass is 35.5. The molecule has 12 heteroatoms. The average Bonchev–Trinajstić information content (AvgIpc) is 2.95. The lowest BCUT2D eigenvalue weighted by molar-refractivity contribution is -0.133. The first-order chi connectivity index (χ1) is 14.1. The lowest BCUT2D eigenvalue weighted by Gasteiger charge is -2.34. The number of hydrogen-bond acceptors (Lipinski definition) is 5. The van der Waals surface area contributed by atoms with Crippen LogP contribution in [0.15, 0.2) is 23.1 Å². The second kappa shape index (κ2) is 9.09. The number of halogens is 2. The summed E-state index contributed by atoms with van der Waals surface area (Å²) in [6, 6.07) is 3.91. The first-order valence-corrected chi connectivity index (χ1v) is 11.6. The van der Waals surface area contributed by atoms with Gasteiger partial charge in [0, 0.05) is 51.2 Å². The average molecular weight is 477 g/mol. The quantitative estimate of drug-likeness (QED) is 0.579. The zero-order valence-electron chi connectivity index (χ0n) is 16.4. The van der Waals surface area contributed by atoms with E-state index in [1.54, 1.807) is 11.9 Å². The van der Waals surface area contributed by atoms with Crippen LogP contribution in [0.2, 0.25) is 10.0 Å². The first kappa shape index (κ1) is 22.8. The molecular formula is C18H22Cl2N4O5S. The topological polar surface area (TPSA) is 98.3 Å². The highest BCUT2D eigenvalue weighted by Gasteiger charge is 2.34. The zero-order chi connectivity index (χ0) is 22.1. The van der Waals surface area contributed by atoms with Gasteiger partial charge >= 0.3 is 6.03 Å². The minimum Gasteiger partial charge on any atom is -0.340 e. The molecule has 0 atom stereocenters. The van der Waals surface area contributed by atoms with Crippen molar-refractivity contribution >= 4 is 51.1 Å². The maximum absolute atomic E-state index is 12.8. The van der Waals surface area contributed by atoms with E-state index in [-0.39, 0.29) is 78.5 Å². The summed E-state index contributed by atoms with van der Waals surface area (Å²) in [5.74, 6) is -0.409. The van der Waals surface area contributed by atoms with Gasteiger partial charge in [0.1, 0.15) is 11.4 Å². The Bertz CT molecular complexity index is 963. The van der Waals surface area contributed by atoms with Crippen molar-refractivity contribution in [3.05, 3.63) is 28.2 Å². The van der Waals surface area contributed by atoms with Crippen LogP contribution in [0.5, 0.6) is 0 Å². The number of hydrogen-bond donors (Lipinski definition) is 0. The molecule has 0 bridgehead atoms. The number of piperazine rings is 1. The molecule has 0 saturated carbocycles. The normalized spacial score (nSPS) is 18.4. The standard InChI is InChI=1S/C18H22Cl2N4O5S/c1-21-12-17(26)24(18(21)27)6-2-3-16(25)22-7-9-23(10-8-22)30(28,29)15-11-13(19)4-5-14(15)20/h4-5,11H,2-3,6-10,12H2,1H3. The number of carbonyl (C=O) groups is 3. The van der Waals surface area contributed by atoms with Crippen molar-refractivity contribution in [2.24, 2.45) is 0 Å². The number of nitrogens with zero attached hydrogens (tertiary/aromatic N) is 4. The number of carbonyl (C=O) groups excluding carboxylic acids is 3. The highest BCUT2D eigenvalue weighted by molar-refractivity contribution is 7.89. The third-order valence-corrected chi connectivity index (χ3v) is 7.72. The van der Waals surface area contributed by atoms with Crippen LogP contribution in [0.1, 0.15) is 12.8 Å². The molecule has 2 aliphatic rings. The van der Waals surface area contributed by atoms with E-state index in [1.165, 1.54) is 27.4 Å². The van der Waals surface area contributed by atoms with E-state index in [4.69, 9.17) is 23.2 Å². The van der Waals surface area contributed by atoms with Crippen molar-refractivity contribution < 1.29 is 22.8 Å². The van der Waals surface area contributed by atoms with Crippen LogP contribution in [0.25, 0.3) is 0 Å². The molecule has 0 spiro atoms. The maximum atomic E-state index is 12.8. The Labute approximate surface area is 185 Å². The Morgan fingerprint density at radius 2 is 1.77 bits per heavy atom. The van der Waals surface area contributed by atoms with Crippen LogP contribution in [0, 0.1) is 0 Å². The van der Waals surface area contributed by atoms with E-state index in [9.17, 15) is 22.8 Å². The van der Waals surface area contributed by atoms with E-state index >= 15 is 0 Å². The lowest BCUT2D eigenvalue weighted by Crippen LogP contribution is -2.50. The summed E-state index contributed by atoms with van der Waals surface area (Å²) in [7, 11) is -2.27. The third kappa shape index (κ3) is 4.72. The second-order valence-electron chi connectivity index (χ2n) is 7.15. The minimum absolute atomic E-state index is 0.0543. The van der Waals surface area contributed by atoms with Crippen LogP contribution >= 0.6 is 23.2 Å². The number of amides is 4. The van der Waals surface area contributed by atoms with Crippen molar-refractivity contribution in [3.8, 4) is 0 Å². The lowest BCUT2D eigenvalue weighted by atomic mass is 10.2. The van der Waals surface area contributed by atoms with Crippen LogP contribution in [0.3, 0.4) is 0 Å². The van der Waals surface area contributed by atoms with Crippen LogP contribution in [0.4, 0.5) is 4.79 Å². The van der Waals surface area contributed by atoms with Gasteiger partial charge in [0.15, 0.2) is 0 Å². The minimum atomic E-state index is -3.82. The molecule has 2 saturated heterocycles. The van der Waals surface area contributed by atoms with Gasteiger partial charge in [0.2, 0.25) is 21.8 Å². The molecule has 2 heterocycles. The first-order valence-electron chi connectivity index (χ1n) is 9.39. The number of imide groups is 1. The Hall–Kier alpha value is -1.88. The fraction of sp³-hybridized carbons (Fsp3) is 0.500. The van der Waals surface area contributed by atoms with Crippen LogP contribution in [-0.4, -0.2) is 91.6 Å². The van der Waals surface area contributed by atoms with Gasteiger partial charge in [0.05, 0.1) is 5.02 Å². The Kier molecular flexibility index (Phi) is 6.91. The largest absolute Gasteiger partial charge is 0.340 e. The number of likely N-dealkylation sites (N-methyl/N-ethyl adjacent to an activating group) is 1.